The first kappa shape index (κ1) is 32.3. The summed E-state index contributed by atoms with van der Waals surface area (Å²) in [5.41, 5.74) is 0. The summed E-state index contributed by atoms with van der Waals surface area (Å²) >= 11 is 0. The van der Waals surface area contributed by atoms with E-state index in [0.29, 0.717) is 6.42 Å². The quantitative estimate of drug-likeness (QED) is 0.173. The molecule has 0 fully saturated rings. The molecule has 0 radical (unpaired) electrons. The SMILES string of the molecule is CC(C)CCCCCCCCCCCCCCC(=O)N(CCO)CCN(CC(=O)O)CC(=O)O. The molecule has 0 saturated heterocycles. The lowest BCUT2D eigenvalue weighted by Gasteiger charge is -2.25. The summed E-state index contributed by atoms with van der Waals surface area (Å²) in [6.07, 6.45) is 16.5. The van der Waals surface area contributed by atoms with Gasteiger partial charge < -0.3 is 20.2 Å². The molecule has 0 aromatic heterocycles. The predicted molar refractivity (Wildman–Crippen MR) is 135 cm³/mol. The number of aliphatic hydroxyl groups excluding tert-OH is 1. The van der Waals surface area contributed by atoms with Crippen molar-refractivity contribution >= 4 is 17.8 Å². The van der Waals surface area contributed by atoms with Crippen LogP contribution in [0.15, 0.2) is 0 Å². The zero-order chi connectivity index (χ0) is 25.6. The van der Waals surface area contributed by atoms with Gasteiger partial charge in [-0.3, -0.25) is 19.3 Å². The Morgan fingerprint density at radius 2 is 1.09 bits per heavy atom. The largest absolute Gasteiger partial charge is 0.480 e. The molecule has 1 amide bonds. The summed E-state index contributed by atoms with van der Waals surface area (Å²) in [4.78, 5) is 37.1. The third-order valence-electron chi connectivity index (χ3n) is 6.05. The molecule has 3 N–H and O–H groups in total. The molecule has 0 aromatic carbocycles. The molecular formula is C26H50N2O6. The summed E-state index contributed by atoms with van der Waals surface area (Å²) < 4.78 is 0. The molecule has 0 aromatic rings. The Morgan fingerprint density at radius 3 is 1.50 bits per heavy atom. The van der Waals surface area contributed by atoms with Gasteiger partial charge in [-0.2, -0.15) is 0 Å². The van der Waals surface area contributed by atoms with Gasteiger partial charge in [-0.25, -0.2) is 0 Å². The van der Waals surface area contributed by atoms with Gasteiger partial charge in [0.2, 0.25) is 5.91 Å². The number of carboxylic acids is 2. The first-order valence-corrected chi connectivity index (χ1v) is 13.3. The van der Waals surface area contributed by atoms with Gasteiger partial charge in [0, 0.05) is 26.1 Å². The number of hydrogen-bond donors (Lipinski definition) is 3. The maximum Gasteiger partial charge on any atom is 0.317 e. The average molecular weight is 487 g/mol. The standard InChI is InChI=1S/C26H50N2O6/c1-23(2)15-13-11-9-7-5-3-4-6-8-10-12-14-16-24(30)28(19-20-29)18-17-27(21-25(31)32)22-26(33)34/h23,29H,3-22H2,1-2H3,(H,31,32)(H,33,34). The van der Waals surface area contributed by atoms with Crippen LogP contribution in [0.5, 0.6) is 0 Å². The van der Waals surface area contributed by atoms with Crippen LogP contribution in [0.4, 0.5) is 0 Å². The molecule has 0 saturated carbocycles. The number of hydrogen-bond acceptors (Lipinski definition) is 5. The number of aliphatic carboxylic acids is 2. The molecule has 200 valence electrons. The van der Waals surface area contributed by atoms with Gasteiger partial charge in [0.15, 0.2) is 0 Å². The predicted octanol–water partition coefficient (Wildman–Crippen LogP) is 4.40. The lowest BCUT2D eigenvalue weighted by Crippen LogP contribution is -2.43. The third kappa shape index (κ3) is 20.9. The van der Waals surface area contributed by atoms with Crippen molar-refractivity contribution in [1.29, 1.82) is 0 Å². The molecule has 34 heavy (non-hydrogen) atoms. The second-order valence-electron chi connectivity index (χ2n) is 9.78. The lowest BCUT2D eigenvalue weighted by atomic mass is 10.0. The second kappa shape index (κ2) is 21.8. The fourth-order valence-corrected chi connectivity index (χ4v) is 4.10. The van der Waals surface area contributed by atoms with E-state index in [0.717, 1.165) is 25.2 Å². The monoisotopic (exact) mass is 486 g/mol. The number of aliphatic hydroxyl groups is 1. The van der Waals surface area contributed by atoms with Crippen molar-refractivity contribution < 1.29 is 29.7 Å². The number of nitrogens with zero attached hydrogens (tertiary/aromatic N) is 2. The molecule has 0 heterocycles. The van der Waals surface area contributed by atoms with Crippen molar-refractivity contribution in [2.75, 3.05) is 39.3 Å². The highest BCUT2D eigenvalue weighted by Crippen LogP contribution is 2.14. The van der Waals surface area contributed by atoms with Crippen molar-refractivity contribution in [3.63, 3.8) is 0 Å². The maximum absolute atomic E-state index is 12.5. The van der Waals surface area contributed by atoms with Crippen molar-refractivity contribution in [2.45, 2.75) is 104 Å². The van der Waals surface area contributed by atoms with E-state index in [-0.39, 0.29) is 32.1 Å². The Hall–Kier alpha value is -1.67. The smallest absolute Gasteiger partial charge is 0.317 e. The minimum atomic E-state index is -1.11. The number of unbranched alkanes of at least 4 members (excludes halogenated alkanes) is 11. The van der Waals surface area contributed by atoms with E-state index >= 15 is 0 Å². The molecule has 0 atom stereocenters. The van der Waals surface area contributed by atoms with Crippen molar-refractivity contribution in [1.82, 2.24) is 9.80 Å². The van der Waals surface area contributed by atoms with Crippen LogP contribution in [-0.4, -0.2) is 82.3 Å². The number of carbonyl (C=O) groups excluding carboxylic acids is 1. The highest BCUT2D eigenvalue weighted by molar-refractivity contribution is 5.76. The van der Waals surface area contributed by atoms with E-state index in [1.54, 1.807) is 0 Å². The topological polar surface area (TPSA) is 118 Å². The molecule has 8 heteroatoms. The Morgan fingerprint density at radius 1 is 0.647 bits per heavy atom. The highest BCUT2D eigenvalue weighted by atomic mass is 16.4. The average Bonchev–Trinajstić information content (AvgIpc) is 2.75. The molecular weight excluding hydrogens is 436 g/mol. The van der Waals surface area contributed by atoms with Gasteiger partial charge in [-0.05, 0) is 12.3 Å². The molecule has 0 spiro atoms. The third-order valence-corrected chi connectivity index (χ3v) is 6.05. The first-order valence-electron chi connectivity index (χ1n) is 13.3. The highest BCUT2D eigenvalue weighted by Gasteiger charge is 2.17. The molecule has 8 nitrogen and oxygen atoms in total. The Balaban J connectivity index is 3.86. The number of carbonyl (C=O) groups is 3. The summed E-state index contributed by atoms with van der Waals surface area (Å²) in [6, 6.07) is 0. The Kier molecular flexibility index (Phi) is 20.8. The van der Waals surface area contributed by atoms with E-state index in [9.17, 15) is 19.5 Å². The Labute approximate surface area is 206 Å². The van der Waals surface area contributed by atoms with Crippen molar-refractivity contribution in [3.05, 3.63) is 0 Å². The van der Waals surface area contributed by atoms with Crippen molar-refractivity contribution in [2.24, 2.45) is 5.92 Å². The normalized spacial score (nSPS) is 11.3. The minimum absolute atomic E-state index is 0.0759. The van der Waals surface area contributed by atoms with Crippen LogP contribution in [0, 0.1) is 5.92 Å². The molecule has 0 aliphatic rings. The zero-order valence-electron chi connectivity index (χ0n) is 21.7. The van der Waals surface area contributed by atoms with Crippen LogP contribution in [-0.2, 0) is 14.4 Å². The molecule has 0 rings (SSSR count). The van der Waals surface area contributed by atoms with Gasteiger partial charge in [0.05, 0.1) is 19.7 Å². The van der Waals surface area contributed by atoms with Crippen LogP contribution in [0.3, 0.4) is 0 Å². The van der Waals surface area contributed by atoms with Crippen LogP contribution >= 0.6 is 0 Å². The van der Waals surface area contributed by atoms with Crippen LogP contribution < -0.4 is 0 Å². The minimum Gasteiger partial charge on any atom is -0.480 e. The van der Waals surface area contributed by atoms with E-state index in [1.165, 1.54) is 74.0 Å². The Bertz CT molecular complexity index is 525. The van der Waals surface area contributed by atoms with Crippen molar-refractivity contribution in [3.8, 4) is 0 Å². The maximum atomic E-state index is 12.5. The van der Waals surface area contributed by atoms with E-state index in [1.807, 2.05) is 0 Å². The fraction of sp³-hybridized carbons (Fsp3) is 0.885. The summed E-state index contributed by atoms with van der Waals surface area (Å²) in [6.45, 7) is 4.12. The number of rotatable bonds is 24. The molecule has 0 aliphatic carbocycles. The summed E-state index contributed by atoms with van der Waals surface area (Å²) in [7, 11) is 0. The second-order valence-corrected chi connectivity index (χ2v) is 9.78. The van der Waals surface area contributed by atoms with E-state index in [2.05, 4.69) is 13.8 Å². The van der Waals surface area contributed by atoms with Crippen LogP contribution in [0.1, 0.15) is 104 Å². The number of amides is 1. The van der Waals surface area contributed by atoms with Gasteiger partial charge in [0.1, 0.15) is 0 Å². The molecule has 0 aliphatic heterocycles. The van der Waals surface area contributed by atoms with Crippen LogP contribution in [0.2, 0.25) is 0 Å². The summed E-state index contributed by atoms with van der Waals surface area (Å²) in [5, 5.41) is 27.1. The van der Waals surface area contributed by atoms with Gasteiger partial charge >= 0.3 is 11.9 Å². The van der Waals surface area contributed by atoms with Gasteiger partial charge in [0.25, 0.3) is 0 Å². The lowest BCUT2D eigenvalue weighted by molar-refractivity contribution is -0.141. The van der Waals surface area contributed by atoms with Gasteiger partial charge in [-0.1, -0.05) is 90.9 Å². The van der Waals surface area contributed by atoms with E-state index in [4.69, 9.17) is 10.2 Å². The first-order chi connectivity index (χ1) is 16.3. The van der Waals surface area contributed by atoms with E-state index < -0.39 is 25.0 Å². The fourth-order valence-electron chi connectivity index (χ4n) is 4.10. The number of carboxylic acid groups (broad SMARTS) is 2. The zero-order valence-corrected chi connectivity index (χ0v) is 21.7. The molecule has 0 unspecified atom stereocenters. The summed E-state index contributed by atoms with van der Waals surface area (Å²) in [5.74, 6) is -1.48. The van der Waals surface area contributed by atoms with Crippen LogP contribution in [0.25, 0.3) is 0 Å². The molecule has 0 bridgehead atoms. The van der Waals surface area contributed by atoms with Gasteiger partial charge in [-0.15, -0.1) is 0 Å².